The number of hydrogen-bond acceptors (Lipinski definition) is 5. The molecule has 3 fully saturated rings. The molecule has 4 nitrogen and oxygen atoms in total. The molecule has 3 heterocycles. The standard InChI is InChI=1S/C23H30FN3OS/c1-2-17-4-5-18(29-17)13-26-14-20-19(21(20)15-26)12-25-16-3-6-23(22(24)11-16)27-7-9-28-10-8-27/h3-6,11,19-21,25H,2,7-10,12-15H2,1H3. The number of fused-ring (bicyclic) bond motifs is 1. The Balaban J connectivity index is 1.09. The SMILES string of the molecule is CCc1ccc(CN2CC3C(CNc4ccc(N5CCOCC5)c(F)c4)C3C2)s1. The quantitative estimate of drug-likeness (QED) is 0.738. The Bertz CT molecular complexity index is 838. The Kier molecular flexibility index (Phi) is 5.50. The molecule has 1 N–H and O–H groups in total. The Morgan fingerprint density at radius 3 is 2.55 bits per heavy atom. The number of benzene rings is 1. The number of piperidine rings is 1. The van der Waals surface area contributed by atoms with E-state index in [0.717, 1.165) is 56.0 Å². The van der Waals surface area contributed by atoms with Crippen LogP contribution in [0.15, 0.2) is 30.3 Å². The normalized spacial score (nSPS) is 26.6. The fraction of sp³-hybridized carbons (Fsp3) is 0.565. The number of ether oxygens (including phenoxy) is 1. The van der Waals surface area contributed by atoms with Crippen LogP contribution in [0.3, 0.4) is 0 Å². The van der Waals surface area contributed by atoms with Crippen molar-refractivity contribution in [3.05, 3.63) is 45.9 Å². The lowest BCUT2D eigenvalue weighted by molar-refractivity contribution is 0.122. The van der Waals surface area contributed by atoms with Gasteiger partial charge >= 0.3 is 0 Å². The van der Waals surface area contributed by atoms with Crippen molar-refractivity contribution in [2.45, 2.75) is 19.9 Å². The molecule has 0 bridgehead atoms. The summed E-state index contributed by atoms with van der Waals surface area (Å²) in [6.45, 7) is 9.57. The van der Waals surface area contributed by atoms with Crippen molar-refractivity contribution in [1.82, 2.24) is 4.90 Å². The molecule has 2 aliphatic heterocycles. The number of aryl methyl sites for hydroxylation is 1. The molecule has 156 valence electrons. The van der Waals surface area contributed by atoms with Crippen LogP contribution in [-0.2, 0) is 17.7 Å². The first-order valence-corrected chi connectivity index (χ1v) is 11.7. The highest BCUT2D eigenvalue weighted by molar-refractivity contribution is 7.11. The number of nitrogens with one attached hydrogen (secondary N) is 1. The van der Waals surface area contributed by atoms with Gasteiger partial charge in [0.2, 0.25) is 0 Å². The second-order valence-electron chi connectivity index (χ2n) is 8.55. The summed E-state index contributed by atoms with van der Waals surface area (Å²) in [6.07, 6.45) is 1.14. The van der Waals surface area contributed by atoms with Crippen LogP contribution >= 0.6 is 11.3 Å². The minimum atomic E-state index is -0.138. The molecular weight excluding hydrogens is 385 g/mol. The maximum Gasteiger partial charge on any atom is 0.148 e. The lowest BCUT2D eigenvalue weighted by Crippen LogP contribution is -2.36. The van der Waals surface area contributed by atoms with Gasteiger partial charge in [0, 0.05) is 54.7 Å². The van der Waals surface area contributed by atoms with Gasteiger partial charge in [0.25, 0.3) is 0 Å². The molecule has 1 saturated carbocycles. The average Bonchev–Trinajstić information content (AvgIpc) is 3.08. The van der Waals surface area contributed by atoms with Gasteiger partial charge in [0.15, 0.2) is 0 Å². The molecule has 1 aromatic carbocycles. The smallest absolute Gasteiger partial charge is 0.148 e. The average molecular weight is 416 g/mol. The van der Waals surface area contributed by atoms with Crippen molar-refractivity contribution in [3.63, 3.8) is 0 Å². The van der Waals surface area contributed by atoms with Crippen molar-refractivity contribution in [3.8, 4) is 0 Å². The molecular formula is C23H30FN3OS. The van der Waals surface area contributed by atoms with E-state index in [-0.39, 0.29) is 5.82 Å². The lowest BCUT2D eigenvalue weighted by atomic mass is 10.2. The Morgan fingerprint density at radius 2 is 1.86 bits per heavy atom. The zero-order valence-electron chi connectivity index (χ0n) is 17.1. The van der Waals surface area contributed by atoms with Crippen molar-refractivity contribution in [1.29, 1.82) is 0 Å². The van der Waals surface area contributed by atoms with Gasteiger partial charge in [-0.15, -0.1) is 11.3 Å². The molecule has 2 unspecified atom stereocenters. The first-order valence-electron chi connectivity index (χ1n) is 10.9. The Morgan fingerprint density at radius 1 is 1.10 bits per heavy atom. The summed E-state index contributed by atoms with van der Waals surface area (Å²) in [4.78, 5) is 7.65. The van der Waals surface area contributed by atoms with Gasteiger partial charge in [-0.1, -0.05) is 6.92 Å². The highest BCUT2D eigenvalue weighted by Gasteiger charge is 2.54. The lowest BCUT2D eigenvalue weighted by Gasteiger charge is -2.29. The second-order valence-corrected chi connectivity index (χ2v) is 9.81. The van der Waals surface area contributed by atoms with E-state index in [9.17, 15) is 4.39 Å². The molecule has 2 atom stereocenters. The number of halogens is 1. The maximum absolute atomic E-state index is 14.6. The number of nitrogens with zero attached hydrogens (tertiary/aromatic N) is 2. The summed E-state index contributed by atoms with van der Waals surface area (Å²) in [7, 11) is 0. The molecule has 29 heavy (non-hydrogen) atoms. The summed E-state index contributed by atoms with van der Waals surface area (Å²) in [6, 6.07) is 10.1. The van der Waals surface area contributed by atoms with Crippen LogP contribution in [0.1, 0.15) is 16.7 Å². The van der Waals surface area contributed by atoms with Gasteiger partial charge in [-0.05, 0) is 54.5 Å². The third-order valence-corrected chi connectivity index (χ3v) is 7.95. The van der Waals surface area contributed by atoms with Gasteiger partial charge in [-0.25, -0.2) is 4.39 Å². The summed E-state index contributed by atoms with van der Waals surface area (Å²) < 4.78 is 19.9. The number of likely N-dealkylation sites (tertiary alicyclic amines) is 1. The zero-order chi connectivity index (χ0) is 19.8. The molecule has 0 radical (unpaired) electrons. The zero-order valence-corrected chi connectivity index (χ0v) is 17.9. The molecule has 3 aliphatic rings. The van der Waals surface area contributed by atoms with E-state index in [1.165, 1.54) is 22.8 Å². The highest BCUT2D eigenvalue weighted by atomic mass is 32.1. The molecule has 0 spiro atoms. The molecule has 2 saturated heterocycles. The van der Waals surface area contributed by atoms with Crippen molar-refractivity contribution < 1.29 is 9.13 Å². The minimum absolute atomic E-state index is 0.138. The van der Waals surface area contributed by atoms with Crippen LogP contribution in [-0.4, -0.2) is 50.8 Å². The fourth-order valence-corrected chi connectivity index (χ4v) is 6.00. The van der Waals surface area contributed by atoms with Crippen LogP contribution in [0, 0.1) is 23.6 Å². The Labute approximate surface area is 176 Å². The molecule has 1 aliphatic carbocycles. The predicted octanol–water partition coefficient (Wildman–Crippen LogP) is 4.08. The van der Waals surface area contributed by atoms with Gasteiger partial charge < -0.3 is 15.0 Å². The molecule has 0 amide bonds. The highest BCUT2D eigenvalue weighted by Crippen LogP contribution is 2.52. The predicted molar refractivity (Wildman–Crippen MR) is 117 cm³/mol. The van der Waals surface area contributed by atoms with E-state index >= 15 is 0 Å². The number of rotatable bonds is 7. The van der Waals surface area contributed by atoms with Gasteiger partial charge in [-0.3, -0.25) is 4.90 Å². The van der Waals surface area contributed by atoms with E-state index in [0.29, 0.717) is 18.9 Å². The van der Waals surface area contributed by atoms with E-state index in [1.807, 2.05) is 23.5 Å². The van der Waals surface area contributed by atoms with E-state index in [2.05, 4.69) is 34.2 Å². The summed E-state index contributed by atoms with van der Waals surface area (Å²) in [5.41, 5.74) is 1.59. The molecule has 6 heteroatoms. The molecule has 1 aromatic heterocycles. The van der Waals surface area contributed by atoms with Crippen LogP contribution in [0.2, 0.25) is 0 Å². The largest absolute Gasteiger partial charge is 0.385 e. The van der Waals surface area contributed by atoms with Crippen LogP contribution < -0.4 is 10.2 Å². The number of anilines is 2. The Hall–Kier alpha value is -1.63. The van der Waals surface area contributed by atoms with E-state index in [4.69, 9.17) is 4.74 Å². The number of morpholine rings is 1. The van der Waals surface area contributed by atoms with Gasteiger partial charge in [0.1, 0.15) is 5.82 Å². The van der Waals surface area contributed by atoms with Crippen LogP contribution in [0.4, 0.5) is 15.8 Å². The second kappa shape index (κ2) is 8.25. The number of hydrogen-bond donors (Lipinski definition) is 1. The van der Waals surface area contributed by atoms with E-state index < -0.39 is 0 Å². The minimum Gasteiger partial charge on any atom is -0.385 e. The number of thiophene rings is 1. The van der Waals surface area contributed by atoms with Crippen LogP contribution in [0.25, 0.3) is 0 Å². The van der Waals surface area contributed by atoms with E-state index in [1.54, 1.807) is 6.07 Å². The topological polar surface area (TPSA) is 27.7 Å². The van der Waals surface area contributed by atoms with Crippen molar-refractivity contribution in [2.24, 2.45) is 17.8 Å². The third kappa shape index (κ3) is 4.16. The summed E-state index contributed by atoms with van der Waals surface area (Å²) in [5.74, 6) is 2.22. The summed E-state index contributed by atoms with van der Waals surface area (Å²) >= 11 is 1.96. The van der Waals surface area contributed by atoms with Gasteiger partial charge in [0.05, 0.1) is 18.9 Å². The summed E-state index contributed by atoms with van der Waals surface area (Å²) in [5, 5.41) is 3.48. The monoisotopic (exact) mass is 415 g/mol. The third-order valence-electron chi connectivity index (χ3n) is 6.73. The fourth-order valence-electron chi connectivity index (χ4n) is 5.00. The van der Waals surface area contributed by atoms with Crippen LogP contribution in [0.5, 0.6) is 0 Å². The van der Waals surface area contributed by atoms with Gasteiger partial charge in [-0.2, -0.15) is 0 Å². The van der Waals surface area contributed by atoms with Crippen molar-refractivity contribution >= 4 is 22.7 Å². The maximum atomic E-state index is 14.6. The first-order chi connectivity index (χ1) is 14.2. The molecule has 2 aromatic rings. The van der Waals surface area contributed by atoms with Crippen molar-refractivity contribution in [2.75, 3.05) is 56.2 Å². The first kappa shape index (κ1) is 19.3. The molecule has 5 rings (SSSR count).